The van der Waals surface area contributed by atoms with E-state index in [1.54, 1.807) is 6.07 Å². The van der Waals surface area contributed by atoms with Crippen LogP contribution in [-0.4, -0.2) is 25.9 Å². The first-order valence-corrected chi connectivity index (χ1v) is 9.59. The molecule has 2 aromatic rings. The summed E-state index contributed by atoms with van der Waals surface area (Å²) in [7, 11) is 2.68. The van der Waals surface area contributed by atoms with Crippen LogP contribution in [0, 0.1) is 6.92 Å². The van der Waals surface area contributed by atoms with Gasteiger partial charge in [-0.3, -0.25) is 0 Å². The highest BCUT2D eigenvalue weighted by Crippen LogP contribution is 2.29. The predicted molar refractivity (Wildman–Crippen MR) is 113 cm³/mol. The number of methoxy groups -OCH3 is 1. The zero-order valence-corrected chi connectivity index (χ0v) is 18.3. The van der Waals surface area contributed by atoms with Gasteiger partial charge in [0.05, 0.1) is 10.5 Å². The fourth-order valence-corrected chi connectivity index (χ4v) is 3.01. The van der Waals surface area contributed by atoms with Crippen LogP contribution in [0.25, 0.3) is 6.08 Å². The summed E-state index contributed by atoms with van der Waals surface area (Å²) in [5, 5.41) is 3.82. The van der Waals surface area contributed by atoms with Gasteiger partial charge in [0.15, 0.2) is 5.71 Å². The minimum atomic E-state index is -0.577. The molecule has 0 aliphatic heterocycles. The van der Waals surface area contributed by atoms with Gasteiger partial charge in [-0.2, -0.15) is 0 Å². The summed E-state index contributed by atoms with van der Waals surface area (Å²) in [4.78, 5) is 16.9. The largest absolute Gasteiger partial charge is 0.488 e. The Bertz CT molecular complexity index is 874. The van der Waals surface area contributed by atoms with Crippen LogP contribution in [-0.2, 0) is 21.0 Å². The number of hydrogen-bond donors (Lipinski definition) is 0. The fourth-order valence-electron chi connectivity index (χ4n) is 2.52. The standard InChI is InChI=1S/C20H19Br2NO4/c1-13-7-6-9-14(11-17(21)22)19(13)27-12-15-8-4-5-10-16(15)18(23-26-3)20(24)25-2/h4-11H,12H2,1-3H3. The molecule has 0 unspecified atom stereocenters. The molecule has 7 heteroatoms. The zero-order chi connectivity index (χ0) is 19.8. The smallest absolute Gasteiger partial charge is 0.360 e. The summed E-state index contributed by atoms with van der Waals surface area (Å²) in [5.41, 5.74) is 3.40. The molecule has 0 aliphatic carbocycles. The van der Waals surface area contributed by atoms with Gasteiger partial charge in [0, 0.05) is 11.1 Å². The second-order valence-electron chi connectivity index (χ2n) is 5.49. The van der Waals surface area contributed by atoms with Crippen molar-refractivity contribution in [2.75, 3.05) is 14.2 Å². The van der Waals surface area contributed by atoms with E-state index in [-0.39, 0.29) is 12.3 Å². The molecule has 5 nitrogen and oxygen atoms in total. The first kappa shape index (κ1) is 21.2. The number of oxime groups is 1. The lowest BCUT2D eigenvalue weighted by Gasteiger charge is -2.15. The SMILES string of the molecule is CON=C(C(=O)OC)c1ccccc1COc1c(C)cccc1C=C(Br)Br. The van der Waals surface area contributed by atoms with Crippen molar-refractivity contribution >= 4 is 49.6 Å². The molecule has 0 saturated carbocycles. The average Bonchev–Trinajstić information content (AvgIpc) is 2.65. The van der Waals surface area contributed by atoms with Crippen molar-refractivity contribution in [3.63, 3.8) is 0 Å². The number of hydrogen-bond acceptors (Lipinski definition) is 5. The number of rotatable bonds is 7. The molecule has 2 rings (SSSR count). The van der Waals surface area contributed by atoms with E-state index < -0.39 is 5.97 Å². The maximum absolute atomic E-state index is 12.1. The number of aryl methyl sites for hydroxylation is 1. The van der Waals surface area contributed by atoms with E-state index in [2.05, 4.69) is 37.0 Å². The number of carbonyl (C=O) groups excluding carboxylic acids is 1. The van der Waals surface area contributed by atoms with Gasteiger partial charge in [-0.05, 0) is 56.0 Å². The van der Waals surface area contributed by atoms with Gasteiger partial charge in [-0.1, -0.05) is 47.6 Å². The summed E-state index contributed by atoms with van der Waals surface area (Å²) >= 11 is 6.76. The van der Waals surface area contributed by atoms with Crippen molar-refractivity contribution < 1.29 is 19.1 Å². The molecule has 0 amide bonds. The Morgan fingerprint density at radius 2 is 1.85 bits per heavy atom. The third-order valence-electron chi connectivity index (χ3n) is 3.71. The van der Waals surface area contributed by atoms with Crippen LogP contribution in [0.5, 0.6) is 5.75 Å². The zero-order valence-electron chi connectivity index (χ0n) is 15.2. The highest BCUT2D eigenvalue weighted by atomic mass is 79.9. The number of halogens is 2. The van der Waals surface area contributed by atoms with Crippen molar-refractivity contribution in [3.05, 3.63) is 68.1 Å². The molecule has 0 aliphatic rings. The van der Waals surface area contributed by atoms with Crippen LogP contribution in [0.1, 0.15) is 22.3 Å². The lowest BCUT2D eigenvalue weighted by molar-refractivity contribution is -0.132. The summed E-state index contributed by atoms with van der Waals surface area (Å²) < 4.78 is 11.7. The monoisotopic (exact) mass is 495 g/mol. The summed E-state index contributed by atoms with van der Waals surface area (Å²) in [5.74, 6) is 0.180. The molecule has 27 heavy (non-hydrogen) atoms. The number of benzene rings is 2. The van der Waals surface area contributed by atoms with Crippen molar-refractivity contribution in [3.8, 4) is 5.75 Å². The highest BCUT2D eigenvalue weighted by Gasteiger charge is 2.19. The van der Waals surface area contributed by atoms with Gasteiger partial charge >= 0.3 is 5.97 Å². The maximum Gasteiger partial charge on any atom is 0.360 e. The number of nitrogens with zero attached hydrogens (tertiary/aromatic N) is 1. The van der Waals surface area contributed by atoms with Crippen molar-refractivity contribution in [2.45, 2.75) is 13.5 Å². The van der Waals surface area contributed by atoms with Crippen LogP contribution >= 0.6 is 31.9 Å². The van der Waals surface area contributed by atoms with E-state index in [1.165, 1.54) is 14.2 Å². The lowest BCUT2D eigenvalue weighted by atomic mass is 10.0. The van der Waals surface area contributed by atoms with Crippen LogP contribution in [0.2, 0.25) is 0 Å². The van der Waals surface area contributed by atoms with E-state index in [0.29, 0.717) is 5.56 Å². The second kappa shape index (κ2) is 10.3. The molecule has 0 fully saturated rings. The Labute approximate surface area is 175 Å². The molecule has 0 radical (unpaired) electrons. The van der Waals surface area contributed by atoms with E-state index in [0.717, 1.165) is 25.8 Å². The van der Waals surface area contributed by atoms with E-state index in [4.69, 9.17) is 14.3 Å². The van der Waals surface area contributed by atoms with Crippen molar-refractivity contribution in [2.24, 2.45) is 5.16 Å². The molecule has 0 spiro atoms. The normalized spacial score (nSPS) is 10.9. The summed E-state index contributed by atoms with van der Waals surface area (Å²) in [6.07, 6.45) is 1.92. The van der Waals surface area contributed by atoms with Crippen LogP contribution in [0.3, 0.4) is 0 Å². The van der Waals surface area contributed by atoms with Gasteiger partial charge in [0.1, 0.15) is 19.5 Å². The quantitative estimate of drug-likeness (QED) is 0.301. The first-order valence-electron chi connectivity index (χ1n) is 8.00. The lowest BCUT2D eigenvalue weighted by Crippen LogP contribution is -2.20. The second-order valence-corrected chi connectivity index (χ2v) is 8.26. The number of esters is 1. The molecule has 0 atom stereocenters. The molecular formula is C20H19Br2NO4. The summed E-state index contributed by atoms with van der Waals surface area (Å²) in [6.45, 7) is 2.23. The third kappa shape index (κ3) is 5.68. The number of ether oxygens (including phenoxy) is 2. The van der Waals surface area contributed by atoms with E-state index in [1.807, 2.05) is 49.4 Å². The van der Waals surface area contributed by atoms with Gasteiger partial charge < -0.3 is 14.3 Å². The summed E-state index contributed by atoms with van der Waals surface area (Å²) in [6, 6.07) is 13.2. The molecule has 0 saturated heterocycles. The number of para-hydroxylation sites is 1. The van der Waals surface area contributed by atoms with E-state index in [9.17, 15) is 4.79 Å². The van der Waals surface area contributed by atoms with Gasteiger partial charge in [-0.25, -0.2) is 4.79 Å². The van der Waals surface area contributed by atoms with Crippen LogP contribution < -0.4 is 4.74 Å². The Kier molecular flexibility index (Phi) is 8.06. The Morgan fingerprint density at radius 1 is 1.11 bits per heavy atom. The molecule has 2 aromatic carbocycles. The minimum Gasteiger partial charge on any atom is -0.488 e. The maximum atomic E-state index is 12.1. The Morgan fingerprint density at radius 3 is 2.52 bits per heavy atom. The molecular weight excluding hydrogens is 478 g/mol. The molecule has 0 bridgehead atoms. The van der Waals surface area contributed by atoms with Crippen molar-refractivity contribution in [1.82, 2.24) is 0 Å². The molecule has 0 N–H and O–H groups in total. The third-order valence-corrected chi connectivity index (χ3v) is 4.17. The first-order chi connectivity index (χ1) is 13.0. The van der Waals surface area contributed by atoms with E-state index >= 15 is 0 Å². The van der Waals surface area contributed by atoms with Crippen LogP contribution in [0.15, 0.2) is 51.0 Å². The predicted octanol–water partition coefficient (Wildman–Crippen LogP) is 5.19. The number of carbonyl (C=O) groups is 1. The van der Waals surface area contributed by atoms with Crippen LogP contribution in [0.4, 0.5) is 0 Å². The molecule has 0 aromatic heterocycles. The highest BCUT2D eigenvalue weighted by molar-refractivity contribution is 9.28. The van der Waals surface area contributed by atoms with Crippen molar-refractivity contribution in [1.29, 1.82) is 0 Å². The Hall–Kier alpha value is -2.12. The topological polar surface area (TPSA) is 57.1 Å². The Balaban J connectivity index is 2.37. The van der Waals surface area contributed by atoms with Gasteiger partial charge in [-0.15, -0.1) is 0 Å². The van der Waals surface area contributed by atoms with Gasteiger partial charge in [0.25, 0.3) is 0 Å². The average molecular weight is 497 g/mol. The minimum absolute atomic E-state index is 0.0901. The van der Waals surface area contributed by atoms with Gasteiger partial charge in [0.2, 0.25) is 0 Å². The molecule has 142 valence electrons. The fraction of sp³-hybridized carbons (Fsp3) is 0.200. The molecule has 0 heterocycles.